The number of benzene rings is 1. The average Bonchev–Trinajstić information content (AvgIpc) is 2.48. The highest BCUT2D eigenvalue weighted by atomic mass is 32.2. The second kappa shape index (κ2) is 7.24. The van der Waals surface area contributed by atoms with Crippen molar-refractivity contribution in [3.8, 4) is 0 Å². The lowest BCUT2D eigenvalue weighted by atomic mass is 10.00. The van der Waals surface area contributed by atoms with Crippen molar-refractivity contribution >= 4 is 15.9 Å². The summed E-state index contributed by atoms with van der Waals surface area (Å²) >= 11 is 0. The van der Waals surface area contributed by atoms with E-state index in [9.17, 15) is 8.42 Å². The van der Waals surface area contributed by atoms with Gasteiger partial charge in [0.1, 0.15) is 0 Å². The van der Waals surface area contributed by atoms with Crippen LogP contribution in [0.25, 0.3) is 0 Å². The molecule has 0 aromatic heterocycles. The van der Waals surface area contributed by atoms with Gasteiger partial charge in [-0.25, -0.2) is 0 Å². The van der Waals surface area contributed by atoms with E-state index >= 15 is 0 Å². The Hall–Kier alpha value is -1.11. The van der Waals surface area contributed by atoms with Gasteiger partial charge in [0, 0.05) is 18.8 Å². The van der Waals surface area contributed by atoms with E-state index < -0.39 is 10.2 Å². The van der Waals surface area contributed by atoms with Crippen LogP contribution < -0.4 is 10.0 Å². The molecule has 0 radical (unpaired) electrons. The Morgan fingerprint density at radius 2 is 2.00 bits per heavy atom. The van der Waals surface area contributed by atoms with Crippen LogP contribution in [0.4, 0.5) is 5.69 Å². The van der Waals surface area contributed by atoms with Crippen molar-refractivity contribution < 1.29 is 8.42 Å². The Morgan fingerprint density at radius 1 is 1.29 bits per heavy atom. The molecule has 0 bridgehead atoms. The lowest BCUT2D eigenvalue weighted by Gasteiger charge is -2.31. The molecule has 1 atom stereocenters. The first kappa shape index (κ1) is 16.3. The third-order valence-electron chi connectivity index (χ3n) is 3.92. The van der Waals surface area contributed by atoms with E-state index in [1.54, 1.807) is 4.31 Å². The molecular weight excluding hydrogens is 286 g/mol. The molecule has 118 valence electrons. The molecule has 1 unspecified atom stereocenters. The minimum Gasteiger partial charge on any atom is -0.319 e. The number of nitrogens with one attached hydrogen (secondary N) is 2. The molecule has 0 aliphatic carbocycles. The molecule has 5 nitrogen and oxygen atoms in total. The minimum absolute atomic E-state index is 0.391. The van der Waals surface area contributed by atoms with Crippen molar-refractivity contribution in [2.45, 2.75) is 26.2 Å². The zero-order valence-electron chi connectivity index (χ0n) is 12.8. The number of aryl methyl sites for hydroxylation is 1. The van der Waals surface area contributed by atoms with E-state index in [1.807, 2.05) is 31.3 Å². The molecule has 0 amide bonds. The van der Waals surface area contributed by atoms with Crippen molar-refractivity contribution in [3.63, 3.8) is 0 Å². The highest BCUT2D eigenvalue weighted by Gasteiger charge is 2.28. The van der Waals surface area contributed by atoms with Gasteiger partial charge in [-0.3, -0.25) is 4.72 Å². The van der Waals surface area contributed by atoms with E-state index in [0.29, 0.717) is 24.7 Å². The first-order valence-corrected chi connectivity index (χ1v) is 9.00. The molecule has 6 heteroatoms. The van der Waals surface area contributed by atoms with Gasteiger partial charge in [-0.05, 0) is 56.5 Å². The predicted octanol–water partition coefficient (Wildman–Crippen LogP) is 1.84. The Kier molecular flexibility index (Phi) is 5.61. The normalized spacial score (nSPS) is 20.4. The summed E-state index contributed by atoms with van der Waals surface area (Å²) in [7, 11) is -1.55. The topological polar surface area (TPSA) is 61.4 Å². The molecule has 1 heterocycles. The van der Waals surface area contributed by atoms with Crippen molar-refractivity contribution in [2.75, 3.05) is 31.4 Å². The fraction of sp³-hybridized carbons (Fsp3) is 0.600. The molecule has 1 aromatic rings. The summed E-state index contributed by atoms with van der Waals surface area (Å²) in [6.45, 7) is 4.12. The molecule has 0 saturated carbocycles. The fourth-order valence-electron chi connectivity index (χ4n) is 2.72. The molecule has 1 saturated heterocycles. The van der Waals surface area contributed by atoms with Crippen LogP contribution in [0.15, 0.2) is 24.3 Å². The third-order valence-corrected chi connectivity index (χ3v) is 5.43. The summed E-state index contributed by atoms with van der Waals surface area (Å²) in [6, 6.07) is 7.56. The predicted molar refractivity (Wildman–Crippen MR) is 86.6 cm³/mol. The maximum atomic E-state index is 12.5. The smallest absolute Gasteiger partial charge is 0.301 e. The zero-order chi connectivity index (χ0) is 15.3. The summed E-state index contributed by atoms with van der Waals surface area (Å²) in [5, 5.41) is 3.13. The summed E-state index contributed by atoms with van der Waals surface area (Å²) in [5.41, 5.74) is 1.83. The van der Waals surface area contributed by atoms with Gasteiger partial charge in [-0.2, -0.15) is 12.7 Å². The van der Waals surface area contributed by atoms with Gasteiger partial charge in [0.05, 0.1) is 0 Å². The Morgan fingerprint density at radius 3 is 2.62 bits per heavy atom. The van der Waals surface area contributed by atoms with Gasteiger partial charge < -0.3 is 5.32 Å². The number of hydrogen-bond donors (Lipinski definition) is 2. The molecule has 1 aliphatic rings. The quantitative estimate of drug-likeness (QED) is 0.842. The molecule has 2 N–H and O–H groups in total. The highest BCUT2D eigenvalue weighted by Crippen LogP contribution is 2.20. The van der Waals surface area contributed by atoms with E-state index in [4.69, 9.17) is 0 Å². The lowest BCUT2D eigenvalue weighted by Crippen LogP contribution is -2.44. The zero-order valence-corrected chi connectivity index (χ0v) is 13.6. The Labute approximate surface area is 127 Å². The SMILES string of the molecule is CCc1ccc(NS(=O)(=O)N2CCCC(CNC)C2)cc1. The summed E-state index contributed by atoms with van der Waals surface area (Å²) in [5.74, 6) is 0.391. The molecule has 0 spiro atoms. The van der Waals surface area contributed by atoms with Crippen LogP contribution in [0, 0.1) is 5.92 Å². The maximum absolute atomic E-state index is 12.5. The van der Waals surface area contributed by atoms with Gasteiger partial charge in [-0.15, -0.1) is 0 Å². The average molecular weight is 311 g/mol. The second-order valence-electron chi connectivity index (χ2n) is 5.58. The molecule has 21 heavy (non-hydrogen) atoms. The van der Waals surface area contributed by atoms with E-state index in [1.165, 1.54) is 5.56 Å². The molecule has 1 fully saturated rings. The van der Waals surface area contributed by atoms with Gasteiger partial charge in [0.25, 0.3) is 0 Å². The van der Waals surface area contributed by atoms with Crippen molar-refractivity contribution in [1.82, 2.24) is 9.62 Å². The number of rotatable bonds is 6. The standard InChI is InChI=1S/C15H25N3O2S/c1-3-13-6-8-15(9-7-13)17-21(19,20)18-10-4-5-14(12-18)11-16-2/h6-9,14,16-17H,3-5,10-12H2,1-2H3. The van der Waals surface area contributed by atoms with Crippen LogP contribution >= 0.6 is 0 Å². The van der Waals surface area contributed by atoms with Crippen LogP contribution in [-0.2, 0) is 16.6 Å². The van der Waals surface area contributed by atoms with E-state index in [2.05, 4.69) is 17.0 Å². The van der Waals surface area contributed by atoms with Crippen LogP contribution in [-0.4, -0.2) is 39.4 Å². The molecule has 1 aliphatic heterocycles. The number of anilines is 1. The fourth-order valence-corrected chi connectivity index (χ4v) is 4.06. The van der Waals surface area contributed by atoms with Crippen LogP contribution in [0.5, 0.6) is 0 Å². The summed E-state index contributed by atoms with van der Waals surface area (Å²) in [6.07, 6.45) is 2.95. The lowest BCUT2D eigenvalue weighted by molar-refractivity contribution is 0.264. The van der Waals surface area contributed by atoms with Crippen molar-refractivity contribution in [3.05, 3.63) is 29.8 Å². The van der Waals surface area contributed by atoms with E-state index in [0.717, 1.165) is 25.8 Å². The van der Waals surface area contributed by atoms with Crippen LogP contribution in [0.3, 0.4) is 0 Å². The maximum Gasteiger partial charge on any atom is 0.301 e. The third kappa shape index (κ3) is 4.43. The van der Waals surface area contributed by atoms with Gasteiger partial charge in [0.2, 0.25) is 0 Å². The van der Waals surface area contributed by atoms with Gasteiger partial charge in [0.15, 0.2) is 0 Å². The molecular formula is C15H25N3O2S. The second-order valence-corrected chi connectivity index (χ2v) is 7.25. The van der Waals surface area contributed by atoms with Gasteiger partial charge in [-0.1, -0.05) is 19.1 Å². The van der Waals surface area contributed by atoms with Crippen molar-refractivity contribution in [2.24, 2.45) is 5.92 Å². The van der Waals surface area contributed by atoms with Crippen LogP contribution in [0.2, 0.25) is 0 Å². The van der Waals surface area contributed by atoms with Crippen LogP contribution in [0.1, 0.15) is 25.3 Å². The first-order chi connectivity index (χ1) is 10.0. The summed E-state index contributed by atoms with van der Waals surface area (Å²) in [4.78, 5) is 0. The Bertz CT molecular complexity index is 541. The monoisotopic (exact) mass is 311 g/mol. The minimum atomic E-state index is -3.45. The van der Waals surface area contributed by atoms with E-state index in [-0.39, 0.29) is 0 Å². The molecule has 2 rings (SSSR count). The number of nitrogens with zero attached hydrogens (tertiary/aromatic N) is 1. The highest BCUT2D eigenvalue weighted by molar-refractivity contribution is 7.90. The Balaban J connectivity index is 2.03. The number of hydrogen-bond acceptors (Lipinski definition) is 3. The largest absolute Gasteiger partial charge is 0.319 e. The number of piperidine rings is 1. The first-order valence-electron chi connectivity index (χ1n) is 7.56. The van der Waals surface area contributed by atoms with Gasteiger partial charge >= 0.3 is 10.2 Å². The van der Waals surface area contributed by atoms with Crippen molar-refractivity contribution in [1.29, 1.82) is 0 Å². The summed E-state index contributed by atoms with van der Waals surface area (Å²) < 4.78 is 29.1. The molecule has 1 aromatic carbocycles.